The Morgan fingerprint density at radius 1 is 1.22 bits per heavy atom. The first-order chi connectivity index (χ1) is 8.56. The summed E-state index contributed by atoms with van der Waals surface area (Å²) < 4.78 is 0. The van der Waals surface area contributed by atoms with Gasteiger partial charge in [-0.2, -0.15) is 15.0 Å². The number of nitrogens with two attached hydrogens (primary N) is 1. The van der Waals surface area contributed by atoms with E-state index in [9.17, 15) is 4.79 Å². The molecule has 2 rings (SSSR count). The highest BCUT2D eigenvalue weighted by atomic mass is 35.5. The molecule has 8 nitrogen and oxygen atoms in total. The van der Waals surface area contributed by atoms with Crippen LogP contribution in [0.2, 0.25) is 5.28 Å². The lowest BCUT2D eigenvalue weighted by molar-refractivity contribution is 0.148. The molecule has 98 valence electrons. The van der Waals surface area contributed by atoms with Crippen LogP contribution in [0.3, 0.4) is 0 Å². The number of nitrogens with zero attached hydrogens (tertiary/aromatic N) is 5. The summed E-state index contributed by atoms with van der Waals surface area (Å²) >= 11 is 5.72. The van der Waals surface area contributed by atoms with Crippen LogP contribution in [-0.2, 0) is 0 Å². The zero-order chi connectivity index (χ0) is 13.1. The van der Waals surface area contributed by atoms with E-state index in [4.69, 9.17) is 22.4 Å². The van der Waals surface area contributed by atoms with Gasteiger partial charge in [0.25, 0.3) is 0 Å². The molecule has 3 N–H and O–H groups in total. The fourth-order valence-corrected chi connectivity index (χ4v) is 1.97. The molecule has 0 bridgehead atoms. The molecule has 1 saturated heterocycles. The van der Waals surface area contributed by atoms with Gasteiger partial charge >= 0.3 is 6.09 Å². The average molecular weight is 273 g/mol. The van der Waals surface area contributed by atoms with Crippen molar-refractivity contribution in [2.75, 3.05) is 36.8 Å². The normalized spacial score (nSPS) is 16.5. The first-order valence-corrected chi connectivity index (χ1v) is 5.84. The van der Waals surface area contributed by atoms with Crippen LogP contribution in [0.4, 0.5) is 16.7 Å². The van der Waals surface area contributed by atoms with E-state index in [1.807, 2.05) is 4.90 Å². The van der Waals surface area contributed by atoms with E-state index in [2.05, 4.69) is 15.0 Å². The van der Waals surface area contributed by atoms with E-state index in [1.165, 1.54) is 4.90 Å². The van der Waals surface area contributed by atoms with Gasteiger partial charge in [0.1, 0.15) is 0 Å². The number of carboxylic acid groups (broad SMARTS) is 1. The van der Waals surface area contributed by atoms with Gasteiger partial charge in [-0.3, -0.25) is 0 Å². The third-order valence-electron chi connectivity index (χ3n) is 2.66. The summed E-state index contributed by atoms with van der Waals surface area (Å²) in [6.07, 6.45) is -0.208. The number of hydrogen-bond acceptors (Lipinski definition) is 6. The lowest BCUT2D eigenvalue weighted by Gasteiger charge is -2.20. The zero-order valence-corrected chi connectivity index (χ0v) is 10.3. The van der Waals surface area contributed by atoms with Crippen LogP contribution >= 0.6 is 11.6 Å². The molecule has 0 aromatic carbocycles. The lowest BCUT2D eigenvalue weighted by Crippen LogP contribution is -2.34. The van der Waals surface area contributed by atoms with Crippen LogP contribution in [0.25, 0.3) is 0 Å². The monoisotopic (exact) mass is 272 g/mol. The first-order valence-electron chi connectivity index (χ1n) is 5.46. The van der Waals surface area contributed by atoms with Gasteiger partial charge in [-0.05, 0) is 18.0 Å². The van der Waals surface area contributed by atoms with Crippen molar-refractivity contribution in [3.8, 4) is 0 Å². The van der Waals surface area contributed by atoms with Gasteiger partial charge in [0.15, 0.2) is 0 Å². The number of anilines is 2. The second-order valence-corrected chi connectivity index (χ2v) is 4.21. The molecular formula is C9H13ClN6O2. The van der Waals surface area contributed by atoms with Crippen LogP contribution in [-0.4, -0.2) is 57.2 Å². The number of hydrogen-bond donors (Lipinski definition) is 2. The van der Waals surface area contributed by atoms with Crippen molar-refractivity contribution >= 4 is 29.6 Å². The second-order valence-electron chi connectivity index (χ2n) is 3.87. The molecule has 18 heavy (non-hydrogen) atoms. The summed E-state index contributed by atoms with van der Waals surface area (Å²) in [5.74, 6) is 0.448. The van der Waals surface area contributed by atoms with E-state index in [0.717, 1.165) is 0 Å². The summed E-state index contributed by atoms with van der Waals surface area (Å²) in [7, 11) is 0. The van der Waals surface area contributed by atoms with E-state index >= 15 is 0 Å². The topological polar surface area (TPSA) is 108 Å². The van der Waals surface area contributed by atoms with Crippen molar-refractivity contribution in [3.05, 3.63) is 5.28 Å². The molecule has 1 aromatic rings. The predicted octanol–water partition coefficient (Wildman–Crippen LogP) is 0.297. The Hall–Kier alpha value is -1.83. The molecular weight excluding hydrogens is 260 g/mol. The largest absolute Gasteiger partial charge is 0.465 e. The molecule has 1 amide bonds. The standard InChI is InChI=1S/C9H13ClN6O2/c10-6-12-7(11)14-8(13-6)15-2-1-3-16(5-4-15)9(17)18/h1-5H2,(H,17,18)(H2,11,12,13,14). The van der Waals surface area contributed by atoms with Crippen molar-refractivity contribution in [1.29, 1.82) is 0 Å². The molecule has 0 unspecified atom stereocenters. The number of rotatable bonds is 1. The fourth-order valence-electron chi connectivity index (χ4n) is 1.80. The second kappa shape index (κ2) is 5.21. The maximum absolute atomic E-state index is 10.9. The summed E-state index contributed by atoms with van der Waals surface area (Å²) in [6, 6.07) is 0. The number of aromatic nitrogens is 3. The Morgan fingerprint density at radius 2 is 2.00 bits per heavy atom. The molecule has 0 spiro atoms. The van der Waals surface area contributed by atoms with Crippen LogP contribution in [0.5, 0.6) is 0 Å². The van der Waals surface area contributed by atoms with Gasteiger partial charge < -0.3 is 20.6 Å². The third-order valence-corrected chi connectivity index (χ3v) is 2.83. The molecule has 0 saturated carbocycles. The summed E-state index contributed by atoms with van der Waals surface area (Å²) in [6.45, 7) is 2.06. The van der Waals surface area contributed by atoms with Gasteiger partial charge in [-0.1, -0.05) is 0 Å². The van der Waals surface area contributed by atoms with Gasteiger partial charge in [-0.15, -0.1) is 0 Å². The minimum absolute atomic E-state index is 0.0387. The van der Waals surface area contributed by atoms with E-state index in [1.54, 1.807) is 0 Å². The molecule has 1 aromatic heterocycles. The molecule has 9 heteroatoms. The minimum Gasteiger partial charge on any atom is -0.465 e. The van der Waals surface area contributed by atoms with Crippen molar-refractivity contribution in [2.24, 2.45) is 0 Å². The quantitative estimate of drug-likeness (QED) is 0.756. The van der Waals surface area contributed by atoms with Crippen molar-refractivity contribution in [3.63, 3.8) is 0 Å². The highest BCUT2D eigenvalue weighted by molar-refractivity contribution is 6.28. The molecule has 2 heterocycles. The average Bonchev–Trinajstić information content (AvgIpc) is 2.52. The van der Waals surface area contributed by atoms with Crippen LogP contribution in [0, 0.1) is 0 Å². The minimum atomic E-state index is -0.912. The third kappa shape index (κ3) is 2.89. The zero-order valence-electron chi connectivity index (χ0n) is 9.58. The predicted molar refractivity (Wildman–Crippen MR) is 65.7 cm³/mol. The number of carbonyl (C=O) groups is 1. The van der Waals surface area contributed by atoms with Crippen LogP contribution in [0.1, 0.15) is 6.42 Å². The summed E-state index contributed by atoms with van der Waals surface area (Å²) in [4.78, 5) is 25.8. The van der Waals surface area contributed by atoms with Crippen molar-refractivity contribution < 1.29 is 9.90 Å². The van der Waals surface area contributed by atoms with E-state index < -0.39 is 6.09 Å². The highest BCUT2D eigenvalue weighted by Gasteiger charge is 2.20. The Bertz CT molecular complexity index is 436. The van der Waals surface area contributed by atoms with Gasteiger partial charge in [0.2, 0.25) is 17.2 Å². The van der Waals surface area contributed by atoms with Crippen molar-refractivity contribution in [1.82, 2.24) is 19.9 Å². The molecule has 1 aliphatic heterocycles. The lowest BCUT2D eigenvalue weighted by atomic mass is 10.4. The number of halogens is 1. The summed E-state index contributed by atoms with van der Waals surface area (Å²) in [5, 5.41) is 8.97. The first kappa shape index (κ1) is 12.6. The van der Waals surface area contributed by atoms with Gasteiger partial charge in [0.05, 0.1) is 0 Å². The highest BCUT2D eigenvalue weighted by Crippen LogP contribution is 2.14. The van der Waals surface area contributed by atoms with E-state index in [-0.39, 0.29) is 11.2 Å². The van der Waals surface area contributed by atoms with E-state index in [0.29, 0.717) is 38.5 Å². The maximum atomic E-state index is 10.9. The molecule has 0 aliphatic carbocycles. The molecule has 0 atom stereocenters. The summed E-state index contributed by atoms with van der Waals surface area (Å²) in [5.41, 5.74) is 5.50. The molecule has 1 fully saturated rings. The van der Waals surface area contributed by atoms with Gasteiger partial charge in [-0.25, -0.2) is 4.79 Å². The Morgan fingerprint density at radius 3 is 2.67 bits per heavy atom. The maximum Gasteiger partial charge on any atom is 0.407 e. The Kier molecular flexibility index (Phi) is 3.66. The Labute approximate surface area is 108 Å². The van der Waals surface area contributed by atoms with Crippen LogP contribution < -0.4 is 10.6 Å². The molecule has 0 radical (unpaired) electrons. The number of amides is 1. The van der Waals surface area contributed by atoms with Crippen LogP contribution in [0.15, 0.2) is 0 Å². The van der Waals surface area contributed by atoms with Crippen molar-refractivity contribution in [2.45, 2.75) is 6.42 Å². The number of nitrogen functional groups attached to an aromatic ring is 1. The Balaban J connectivity index is 2.12. The van der Waals surface area contributed by atoms with Gasteiger partial charge in [0, 0.05) is 26.2 Å². The molecule has 1 aliphatic rings. The fraction of sp³-hybridized carbons (Fsp3) is 0.556. The SMILES string of the molecule is Nc1nc(Cl)nc(N2CCCN(C(=O)O)CC2)n1. The smallest absolute Gasteiger partial charge is 0.407 e.